The zero-order valence-corrected chi connectivity index (χ0v) is 19.7. The first-order valence-electron chi connectivity index (χ1n) is 11.2. The number of ether oxygens (including phenoxy) is 1. The molecule has 4 rings (SSSR count). The average Bonchev–Trinajstić information content (AvgIpc) is 3.35. The normalized spacial score (nSPS) is 13.9. The van der Waals surface area contributed by atoms with E-state index in [2.05, 4.69) is 5.32 Å². The second kappa shape index (κ2) is 10.8. The summed E-state index contributed by atoms with van der Waals surface area (Å²) in [6.45, 7) is 0.652. The van der Waals surface area contributed by atoms with Gasteiger partial charge in [0.25, 0.3) is 17.2 Å². The van der Waals surface area contributed by atoms with Gasteiger partial charge >= 0.3 is 0 Å². The fourth-order valence-electron chi connectivity index (χ4n) is 4.08. The number of carbonyl (C=O) groups excluding carboxylic acids is 1. The third kappa shape index (κ3) is 5.45. The number of carbonyl (C=O) groups is 1. The monoisotopic (exact) mass is 482 g/mol. The Labute approximate surface area is 200 Å². The Morgan fingerprint density at radius 3 is 2.79 bits per heavy atom. The van der Waals surface area contributed by atoms with Crippen LogP contribution in [0.15, 0.2) is 52.4 Å². The quantitative estimate of drug-likeness (QED) is 0.213. The number of fused-ring (bicyclic) bond motifs is 1. The number of nitrogens with one attached hydrogen (secondary N) is 1. The minimum atomic E-state index is -0.435. The summed E-state index contributed by atoms with van der Waals surface area (Å²) in [6.07, 6.45) is 4.22. The van der Waals surface area contributed by atoms with Gasteiger partial charge in [-0.1, -0.05) is 36.7 Å². The maximum absolute atomic E-state index is 13.2. The van der Waals surface area contributed by atoms with Crippen LogP contribution in [0.5, 0.6) is 0 Å². The smallest absolute Gasteiger partial charge is 0.269 e. The highest BCUT2D eigenvalue weighted by Gasteiger charge is 2.19. The molecule has 0 unspecified atom stereocenters. The highest BCUT2D eigenvalue weighted by Crippen LogP contribution is 2.25. The third-order valence-electron chi connectivity index (χ3n) is 5.88. The number of amides is 1. The van der Waals surface area contributed by atoms with Gasteiger partial charge in [0.05, 0.1) is 29.0 Å². The predicted molar refractivity (Wildman–Crippen MR) is 130 cm³/mol. The Balaban J connectivity index is 1.65. The molecule has 0 bridgehead atoms. The summed E-state index contributed by atoms with van der Waals surface area (Å²) in [5.74, 6) is 0.235. The average molecular weight is 483 g/mol. The lowest BCUT2D eigenvalue weighted by Crippen LogP contribution is -2.32. The van der Waals surface area contributed by atoms with Crippen molar-refractivity contribution in [1.82, 2.24) is 14.9 Å². The van der Waals surface area contributed by atoms with Crippen molar-refractivity contribution in [1.29, 1.82) is 0 Å². The summed E-state index contributed by atoms with van der Waals surface area (Å²) in [4.78, 5) is 41.3. The molecule has 10 heteroatoms. The van der Waals surface area contributed by atoms with Crippen molar-refractivity contribution in [3.05, 3.63) is 74.1 Å². The van der Waals surface area contributed by atoms with Gasteiger partial charge in [0.15, 0.2) is 5.16 Å². The van der Waals surface area contributed by atoms with Gasteiger partial charge in [0.2, 0.25) is 0 Å². The lowest BCUT2D eigenvalue weighted by Gasteiger charge is -2.14. The maximum Gasteiger partial charge on any atom is 0.269 e. The summed E-state index contributed by atoms with van der Waals surface area (Å²) < 4.78 is 6.71. The Bertz CT molecular complexity index is 1270. The van der Waals surface area contributed by atoms with E-state index in [1.165, 1.54) is 23.9 Å². The van der Waals surface area contributed by atoms with Crippen LogP contribution in [0.2, 0.25) is 0 Å². The molecule has 178 valence electrons. The second-order valence-electron chi connectivity index (χ2n) is 8.25. The van der Waals surface area contributed by atoms with Crippen LogP contribution in [0.1, 0.15) is 41.6 Å². The standard InChI is InChI=1S/C24H26N4O5S/c1-33-12-11-27-23(30)20-10-9-17(22(29)25-18-6-2-3-7-18)14-21(20)26-24(27)34-15-16-5-4-8-19(13-16)28(31)32/h4-5,8-10,13-14,18H,2-3,6-7,11-12,15H2,1H3,(H,25,29). The van der Waals surface area contributed by atoms with Crippen LogP contribution in [-0.4, -0.2) is 40.1 Å². The lowest BCUT2D eigenvalue weighted by atomic mass is 10.1. The molecule has 1 aromatic heterocycles. The van der Waals surface area contributed by atoms with Crippen molar-refractivity contribution >= 4 is 34.3 Å². The molecule has 0 atom stereocenters. The Kier molecular flexibility index (Phi) is 7.59. The molecule has 1 aliphatic rings. The molecule has 3 aromatic rings. The van der Waals surface area contributed by atoms with E-state index in [1.54, 1.807) is 42.0 Å². The van der Waals surface area contributed by atoms with Gasteiger partial charge in [0, 0.05) is 36.6 Å². The van der Waals surface area contributed by atoms with Crippen molar-refractivity contribution in [2.24, 2.45) is 0 Å². The largest absolute Gasteiger partial charge is 0.383 e. The van der Waals surface area contributed by atoms with E-state index in [-0.39, 0.29) is 23.2 Å². The molecular weight excluding hydrogens is 456 g/mol. The first kappa shape index (κ1) is 23.9. The number of aromatic nitrogens is 2. The first-order chi connectivity index (χ1) is 16.5. The van der Waals surface area contributed by atoms with Gasteiger partial charge in [-0.3, -0.25) is 24.3 Å². The highest BCUT2D eigenvalue weighted by atomic mass is 32.2. The van der Waals surface area contributed by atoms with Crippen molar-refractivity contribution in [3.8, 4) is 0 Å². The fourth-order valence-corrected chi connectivity index (χ4v) is 5.05. The van der Waals surface area contributed by atoms with E-state index in [0.29, 0.717) is 40.5 Å². The van der Waals surface area contributed by atoms with Gasteiger partial charge in [-0.25, -0.2) is 4.98 Å². The van der Waals surface area contributed by atoms with Crippen molar-refractivity contribution in [2.75, 3.05) is 13.7 Å². The van der Waals surface area contributed by atoms with Gasteiger partial charge < -0.3 is 10.1 Å². The number of nitro benzene ring substituents is 1. The number of rotatable bonds is 9. The van der Waals surface area contributed by atoms with Crippen LogP contribution in [0.25, 0.3) is 10.9 Å². The molecule has 0 aliphatic heterocycles. The number of nitrogens with zero attached hydrogens (tertiary/aromatic N) is 3. The van der Waals surface area contributed by atoms with Crippen molar-refractivity contribution in [3.63, 3.8) is 0 Å². The van der Waals surface area contributed by atoms with E-state index in [9.17, 15) is 19.7 Å². The van der Waals surface area contributed by atoms with Crippen LogP contribution >= 0.6 is 11.8 Å². The number of non-ortho nitro benzene ring substituents is 1. The summed E-state index contributed by atoms with van der Waals surface area (Å²) in [7, 11) is 1.56. The summed E-state index contributed by atoms with van der Waals surface area (Å²) in [6, 6.07) is 11.5. The maximum atomic E-state index is 13.2. The third-order valence-corrected chi connectivity index (χ3v) is 6.93. The van der Waals surface area contributed by atoms with Crippen LogP contribution in [0, 0.1) is 10.1 Å². The number of hydrogen-bond acceptors (Lipinski definition) is 7. The SMILES string of the molecule is COCCn1c(SCc2cccc([N+](=O)[O-])c2)nc2cc(C(=O)NC3CCCC3)ccc2c1=O. The van der Waals surface area contributed by atoms with Gasteiger partial charge in [-0.2, -0.15) is 0 Å². The van der Waals surface area contributed by atoms with Gasteiger partial charge in [-0.05, 0) is 36.6 Å². The Hall–Kier alpha value is -3.24. The molecule has 9 nitrogen and oxygen atoms in total. The molecule has 1 fully saturated rings. The van der Waals surface area contributed by atoms with Crippen LogP contribution < -0.4 is 10.9 Å². The molecular formula is C24H26N4O5S. The number of benzene rings is 2. The van der Waals surface area contributed by atoms with Crippen LogP contribution in [-0.2, 0) is 17.0 Å². The van der Waals surface area contributed by atoms with E-state index in [4.69, 9.17) is 9.72 Å². The number of hydrogen-bond donors (Lipinski definition) is 1. The lowest BCUT2D eigenvalue weighted by molar-refractivity contribution is -0.384. The minimum Gasteiger partial charge on any atom is -0.383 e. The summed E-state index contributed by atoms with van der Waals surface area (Å²) >= 11 is 1.31. The van der Waals surface area contributed by atoms with Crippen LogP contribution in [0.3, 0.4) is 0 Å². The minimum absolute atomic E-state index is 0.0132. The van der Waals surface area contributed by atoms with E-state index >= 15 is 0 Å². The number of nitro groups is 1. The topological polar surface area (TPSA) is 116 Å². The van der Waals surface area contributed by atoms with Crippen molar-refractivity contribution in [2.45, 2.75) is 49.2 Å². The van der Waals surface area contributed by atoms with Crippen LogP contribution in [0.4, 0.5) is 5.69 Å². The molecule has 1 saturated carbocycles. The van der Waals surface area contributed by atoms with Gasteiger partial charge in [-0.15, -0.1) is 0 Å². The molecule has 0 spiro atoms. The Morgan fingerprint density at radius 1 is 1.26 bits per heavy atom. The fraction of sp³-hybridized carbons (Fsp3) is 0.375. The number of thioether (sulfide) groups is 1. The van der Waals surface area contributed by atoms with Crippen molar-refractivity contribution < 1.29 is 14.5 Å². The molecule has 1 N–H and O–H groups in total. The molecule has 1 aliphatic carbocycles. The van der Waals surface area contributed by atoms with Gasteiger partial charge in [0.1, 0.15) is 0 Å². The second-order valence-corrected chi connectivity index (χ2v) is 9.19. The molecule has 0 radical (unpaired) electrons. The summed E-state index contributed by atoms with van der Waals surface area (Å²) in [5.41, 5.74) is 1.46. The van der Waals surface area contributed by atoms with E-state index < -0.39 is 4.92 Å². The molecule has 1 heterocycles. The van der Waals surface area contributed by atoms with E-state index in [0.717, 1.165) is 31.2 Å². The predicted octanol–water partition coefficient (Wildman–Crippen LogP) is 3.92. The summed E-state index contributed by atoms with van der Waals surface area (Å²) in [5, 5.41) is 15.0. The number of methoxy groups -OCH3 is 1. The molecule has 0 saturated heterocycles. The first-order valence-corrected chi connectivity index (χ1v) is 12.2. The van der Waals surface area contributed by atoms with E-state index in [1.807, 2.05) is 0 Å². The molecule has 1 amide bonds. The zero-order valence-electron chi connectivity index (χ0n) is 18.9. The zero-order chi connectivity index (χ0) is 24.1. The molecule has 34 heavy (non-hydrogen) atoms. The highest BCUT2D eigenvalue weighted by molar-refractivity contribution is 7.98. The molecule has 2 aromatic carbocycles. The Morgan fingerprint density at radius 2 is 2.06 bits per heavy atom.